The summed E-state index contributed by atoms with van der Waals surface area (Å²) in [7, 11) is 0. The van der Waals surface area contributed by atoms with E-state index in [1.807, 2.05) is 48.5 Å². The van der Waals surface area contributed by atoms with Crippen LogP contribution in [-0.4, -0.2) is 16.1 Å². The topological polar surface area (TPSA) is 40.0 Å². The largest absolute Gasteiger partial charge is 0.340 e. The van der Waals surface area contributed by atoms with Crippen LogP contribution in [0.15, 0.2) is 99.9 Å². The predicted octanol–water partition coefficient (Wildman–Crippen LogP) is 7.36. The van der Waals surface area contributed by atoms with Crippen LogP contribution in [-0.2, 0) is 19.5 Å². The summed E-state index contributed by atoms with van der Waals surface area (Å²) >= 11 is 24.5. The van der Waals surface area contributed by atoms with E-state index in [4.69, 9.17) is 47.0 Å². The zero-order valence-corrected chi connectivity index (χ0v) is 20.7. The normalized spacial score (nSPS) is 15.1. The minimum Gasteiger partial charge on any atom is -0.340 e. The first kappa shape index (κ1) is 23.7. The van der Waals surface area contributed by atoms with Crippen molar-refractivity contribution in [3.63, 3.8) is 0 Å². The fraction of sp³-hybridized carbons (Fsp3) is 0.160. The summed E-state index contributed by atoms with van der Waals surface area (Å²) in [6.45, 7) is 1.30. The lowest BCUT2D eigenvalue weighted by Gasteiger charge is -2.26. The molecule has 4 nitrogen and oxygen atoms in total. The number of nitrogens with zero attached hydrogens (tertiary/aromatic N) is 3. The molecule has 1 aliphatic heterocycles. The number of hydrogen-bond acceptors (Lipinski definition) is 3. The van der Waals surface area contributed by atoms with E-state index in [1.165, 1.54) is 0 Å². The molecular weight excluding hydrogens is 495 g/mol. The van der Waals surface area contributed by atoms with Crippen molar-refractivity contribution in [2.45, 2.75) is 25.6 Å². The molecule has 0 bridgehead atoms. The van der Waals surface area contributed by atoms with Crippen LogP contribution in [0.2, 0.25) is 10.0 Å². The Kier molecular flexibility index (Phi) is 7.99. The van der Waals surface area contributed by atoms with Crippen LogP contribution < -0.4 is 5.32 Å². The minimum absolute atomic E-state index is 0.300. The van der Waals surface area contributed by atoms with Crippen molar-refractivity contribution < 1.29 is 0 Å². The molecule has 3 aromatic carbocycles. The molecule has 1 atom stereocenters. The number of halogens is 3. The van der Waals surface area contributed by atoms with Gasteiger partial charge in [-0.15, -0.1) is 5.11 Å². The number of hydrogen-bond donors (Lipinski definition) is 1. The van der Waals surface area contributed by atoms with E-state index in [9.17, 15) is 0 Å². The molecule has 3 aromatic rings. The number of azo groups is 1. The summed E-state index contributed by atoms with van der Waals surface area (Å²) in [5.74, 6) is 0.470. The van der Waals surface area contributed by atoms with E-state index >= 15 is 0 Å². The third-order valence-corrected chi connectivity index (χ3v) is 6.70. The zero-order valence-electron chi connectivity index (χ0n) is 17.6. The van der Waals surface area contributed by atoms with Gasteiger partial charge in [0.05, 0.1) is 15.1 Å². The van der Waals surface area contributed by atoms with Crippen molar-refractivity contribution in [1.29, 1.82) is 0 Å². The molecule has 1 heterocycles. The van der Waals surface area contributed by atoms with Crippen LogP contribution in [0, 0.1) is 0 Å². The number of benzene rings is 3. The van der Waals surface area contributed by atoms with Gasteiger partial charge in [0, 0.05) is 19.5 Å². The fourth-order valence-corrected chi connectivity index (χ4v) is 4.23. The van der Waals surface area contributed by atoms with Gasteiger partial charge >= 0.3 is 0 Å². The van der Waals surface area contributed by atoms with Gasteiger partial charge in [-0.05, 0) is 41.0 Å². The highest BCUT2D eigenvalue weighted by Gasteiger charge is 2.25. The quantitative estimate of drug-likeness (QED) is 0.334. The first-order chi connectivity index (χ1) is 16.0. The Balaban J connectivity index is 1.48. The highest BCUT2D eigenvalue weighted by atomic mass is 35.5. The van der Waals surface area contributed by atoms with Gasteiger partial charge in [-0.1, -0.05) is 102 Å². The number of nitrogens with one attached hydrogen (secondary N) is 1. The summed E-state index contributed by atoms with van der Waals surface area (Å²) in [5, 5.41) is 13.9. The standard InChI is InChI=1S/C25H21Cl3N4S/c26-20-12-11-19(13-21(20)27)14-22-23(28)24(31-30-22)29-25(33)32(15-17-7-3-1-4-8-17)16-18-9-5-2-6-10-18/h1-13,22H,14-16H2,(H,29,33). The van der Waals surface area contributed by atoms with Crippen LogP contribution >= 0.6 is 47.0 Å². The van der Waals surface area contributed by atoms with Gasteiger partial charge in [-0.3, -0.25) is 0 Å². The van der Waals surface area contributed by atoms with Crippen LogP contribution in [0.1, 0.15) is 16.7 Å². The first-order valence-electron chi connectivity index (χ1n) is 10.4. The van der Waals surface area contributed by atoms with E-state index in [2.05, 4.69) is 44.7 Å². The fourth-order valence-electron chi connectivity index (χ4n) is 3.48. The molecule has 1 aliphatic rings. The van der Waals surface area contributed by atoms with E-state index in [1.54, 1.807) is 6.07 Å². The molecular formula is C25H21Cl3N4S. The van der Waals surface area contributed by atoms with Crippen molar-refractivity contribution in [1.82, 2.24) is 10.2 Å². The molecule has 4 rings (SSSR count). The Labute approximate surface area is 213 Å². The molecule has 0 aromatic heterocycles. The van der Waals surface area contributed by atoms with Crippen molar-refractivity contribution in [3.05, 3.63) is 116 Å². The second-order valence-electron chi connectivity index (χ2n) is 7.64. The number of thiocarbonyl (C=S) groups is 1. The Hall–Kier alpha value is -2.44. The molecule has 8 heteroatoms. The Bertz CT molecular complexity index is 1140. The average molecular weight is 516 g/mol. The van der Waals surface area contributed by atoms with Gasteiger partial charge in [0.1, 0.15) is 6.04 Å². The molecule has 33 heavy (non-hydrogen) atoms. The predicted molar refractivity (Wildman–Crippen MR) is 140 cm³/mol. The second kappa shape index (κ2) is 11.1. The molecule has 1 N–H and O–H groups in total. The summed E-state index contributed by atoms with van der Waals surface area (Å²) in [4.78, 5) is 2.08. The maximum atomic E-state index is 6.63. The average Bonchev–Trinajstić information content (AvgIpc) is 3.16. The summed E-state index contributed by atoms with van der Waals surface area (Å²) in [6.07, 6.45) is 0.564. The van der Waals surface area contributed by atoms with Crippen molar-refractivity contribution in [2.75, 3.05) is 0 Å². The highest BCUT2D eigenvalue weighted by Crippen LogP contribution is 2.29. The molecule has 0 radical (unpaired) electrons. The van der Waals surface area contributed by atoms with Crippen LogP contribution in [0.3, 0.4) is 0 Å². The summed E-state index contributed by atoms with van der Waals surface area (Å²) in [6, 6.07) is 25.6. The molecule has 0 amide bonds. The van der Waals surface area contributed by atoms with Crippen molar-refractivity contribution in [2.24, 2.45) is 10.2 Å². The van der Waals surface area contributed by atoms with Gasteiger partial charge in [-0.2, -0.15) is 5.11 Å². The molecule has 0 aliphatic carbocycles. The molecule has 0 saturated heterocycles. The maximum Gasteiger partial charge on any atom is 0.175 e. The van der Waals surface area contributed by atoms with Crippen LogP contribution in [0.5, 0.6) is 0 Å². The highest BCUT2D eigenvalue weighted by molar-refractivity contribution is 7.80. The molecule has 1 unspecified atom stereocenters. The Morgan fingerprint density at radius 1 is 0.818 bits per heavy atom. The van der Waals surface area contributed by atoms with E-state index < -0.39 is 0 Å². The summed E-state index contributed by atoms with van der Waals surface area (Å²) in [5.41, 5.74) is 3.29. The number of rotatable bonds is 7. The third kappa shape index (κ3) is 6.33. The molecule has 168 valence electrons. The Morgan fingerprint density at radius 3 is 2.00 bits per heavy atom. The summed E-state index contributed by atoms with van der Waals surface area (Å²) < 4.78 is 0. The van der Waals surface area contributed by atoms with Crippen LogP contribution in [0.25, 0.3) is 0 Å². The monoisotopic (exact) mass is 514 g/mol. The van der Waals surface area contributed by atoms with Crippen molar-refractivity contribution >= 4 is 52.1 Å². The lowest BCUT2D eigenvalue weighted by atomic mass is 10.1. The maximum absolute atomic E-state index is 6.63. The SMILES string of the molecule is S=C(NC1=C(Cl)C(Cc2ccc(Cl)c(Cl)c2)N=N1)N(Cc1ccccc1)Cc1ccccc1. The van der Waals surface area contributed by atoms with Crippen LogP contribution in [0.4, 0.5) is 0 Å². The van der Waals surface area contributed by atoms with Gasteiger partial charge in [0.15, 0.2) is 10.9 Å². The second-order valence-corrected chi connectivity index (χ2v) is 9.25. The van der Waals surface area contributed by atoms with E-state index in [0.717, 1.165) is 16.7 Å². The first-order valence-corrected chi connectivity index (χ1v) is 11.9. The zero-order chi connectivity index (χ0) is 23.2. The lowest BCUT2D eigenvalue weighted by molar-refractivity contribution is 0.402. The molecule has 0 fully saturated rings. The van der Waals surface area contributed by atoms with E-state index in [0.29, 0.717) is 45.5 Å². The smallest absolute Gasteiger partial charge is 0.175 e. The van der Waals surface area contributed by atoms with Crippen molar-refractivity contribution in [3.8, 4) is 0 Å². The van der Waals surface area contributed by atoms with Gasteiger partial charge in [0.25, 0.3) is 0 Å². The molecule has 0 saturated carbocycles. The van der Waals surface area contributed by atoms with Gasteiger partial charge in [-0.25, -0.2) is 0 Å². The molecule has 0 spiro atoms. The lowest BCUT2D eigenvalue weighted by Crippen LogP contribution is -2.38. The third-order valence-electron chi connectivity index (χ3n) is 5.17. The van der Waals surface area contributed by atoms with Gasteiger partial charge < -0.3 is 10.2 Å². The van der Waals surface area contributed by atoms with E-state index in [-0.39, 0.29) is 6.04 Å². The van der Waals surface area contributed by atoms with Gasteiger partial charge in [0.2, 0.25) is 0 Å². The minimum atomic E-state index is -0.300. The Morgan fingerprint density at radius 2 is 1.42 bits per heavy atom.